The van der Waals surface area contributed by atoms with Gasteiger partial charge in [-0.2, -0.15) is 0 Å². The molecular formula is C17H16N6O. The van der Waals surface area contributed by atoms with Crippen LogP contribution in [0.2, 0.25) is 0 Å². The maximum absolute atomic E-state index is 12.2. The lowest BCUT2D eigenvalue weighted by Crippen LogP contribution is -2.13. The second-order valence-electron chi connectivity index (χ2n) is 5.05. The molecule has 4 N–H and O–H groups in total. The lowest BCUT2D eigenvalue weighted by Gasteiger charge is -2.09. The Morgan fingerprint density at radius 2 is 1.71 bits per heavy atom. The van der Waals surface area contributed by atoms with Crippen molar-refractivity contribution in [2.45, 2.75) is 6.54 Å². The first-order valence-electron chi connectivity index (χ1n) is 7.33. The molecule has 1 heterocycles. The summed E-state index contributed by atoms with van der Waals surface area (Å²) in [4.78, 5) is 24.0. The lowest BCUT2D eigenvalue weighted by atomic mass is 10.1. The van der Waals surface area contributed by atoms with E-state index in [1.165, 1.54) is 12.7 Å². The summed E-state index contributed by atoms with van der Waals surface area (Å²) in [6, 6.07) is 14.4. The number of carbonyl (C=O) groups excluding carboxylic acids is 1. The summed E-state index contributed by atoms with van der Waals surface area (Å²) in [6.45, 7) is 0.553. The molecule has 2 aromatic carbocycles. The van der Waals surface area contributed by atoms with Gasteiger partial charge in [0.25, 0.3) is 5.91 Å². The van der Waals surface area contributed by atoms with Crippen molar-refractivity contribution in [3.05, 3.63) is 72.3 Å². The van der Waals surface area contributed by atoms with E-state index in [1.807, 2.05) is 24.3 Å². The van der Waals surface area contributed by atoms with E-state index in [-0.39, 0.29) is 5.91 Å². The van der Waals surface area contributed by atoms with Gasteiger partial charge in [0.05, 0.1) is 11.4 Å². The zero-order valence-corrected chi connectivity index (χ0v) is 12.8. The molecule has 3 rings (SSSR count). The molecule has 1 aromatic heterocycles. The zero-order valence-electron chi connectivity index (χ0n) is 12.8. The van der Waals surface area contributed by atoms with Crippen LogP contribution in [0.25, 0.3) is 0 Å². The molecule has 0 unspecified atom stereocenters. The number of para-hydroxylation sites is 2. The molecule has 0 aliphatic carbocycles. The predicted octanol–water partition coefficient (Wildman–Crippen LogP) is 2.32. The van der Waals surface area contributed by atoms with Crippen LogP contribution in [-0.4, -0.2) is 20.9 Å². The molecule has 0 spiro atoms. The van der Waals surface area contributed by atoms with Crippen molar-refractivity contribution in [1.82, 2.24) is 15.0 Å². The van der Waals surface area contributed by atoms with Crippen molar-refractivity contribution < 1.29 is 4.79 Å². The smallest absolute Gasteiger partial charge is 0.255 e. The van der Waals surface area contributed by atoms with Gasteiger partial charge in [-0.05, 0) is 29.8 Å². The molecule has 0 aliphatic rings. The topological polar surface area (TPSA) is 106 Å². The number of nitrogens with zero attached hydrogens (tertiary/aromatic N) is 3. The Kier molecular flexibility index (Phi) is 4.62. The summed E-state index contributed by atoms with van der Waals surface area (Å²) in [5.41, 5.74) is 8.52. The van der Waals surface area contributed by atoms with E-state index >= 15 is 0 Å². The summed E-state index contributed by atoms with van der Waals surface area (Å²) in [7, 11) is 0. The first kappa shape index (κ1) is 15.4. The summed E-state index contributed by atoms with van der Waals surface area (Å²) < 4.78 is 0. The van der Waals surface area contributed by atoms with Crippen LogP contribution in [0.3, 0.4) is 0 Å². The normalized spacial score (nSPS) is 10.2. The van der Waals surface area contributed by atoms with Crippen LogP contribution >= 0.6 is 0 Å². The van der Waals surface area contributed by atoms with Gasteiger partial charge in [-0.3, -0.25) is 4.79 Å². The molecule has 3 aromatic rings. The van der Waals surface area contributed by atoms with E-state index in [2.05, 4.69) is 25.6 Å². The number of aromatic nitrogens is 3. The average molecular weight is 320 g/mol. The van der Waals surface area contributed by atoms with E-state index in [0.29, 0.717) is 29.4 Å². The van der Waals surface area contributed by atoms with Gasteiger partial charge in [0.2, 0.25) is 5.95 Å². The van der Waals surface area contributed by atoms with E-state index < -0.39 is 0 Å². The monoisotopic (exact) mass is 320 g/mol. The van der Waals surface area contributed by atoms with Gasteiger partial charge < -0.3 is 16.4 Å². The molecule has 7 heteroatoms. The van der Waals surface area contributed by atoms with Gasteiger partial charge in [-0.15, -0.1) is 0 Å². The van der Waals surface area contributed by atoms with Crippen molar-refractivity contribution in [2.75, 3.05) is 16.4 Å². The molecule has 24 heavy (non-hydrogen) atoms. The highest BCUT2D eigenvalue weighted by Gasteiger charge is 2.07. The molecule has 0 bridgehead atoms. The minimum absolute atomic E-state index is 0.204. The van der Waals surface area contributed by atoms with Gasteiger partial charge in [0, 0.05) is 12.1 Å². The van der Waals surface area contributed by atoms with Crippen LogP contribution < -0.4 is 16.4 Å². The van der Waals surface area contributed by atoms with E-state index in [0.717, 1.165) is 5.56 Å². The summed E-state index contributed by atoms with van der Waals surface area (Å²) in [5.74, 6) is 0.302. The highest BCUT2D eigenvalue weighted by Crippen LogP contribution is 2.18. The maximum atomic E-state index is 12.2. The number of benzene rings is 2. The minimum atomic E-state index is -0.204. The number of nitrogens with two attached hydrogens (primary N) is 1. The van der Waals surface area contributed by atoms with Gasteiger partial charge in [-0.25, -0.2) is 15.0 Å². The Hall–Kier alpha value is -3.48. The third-order valence-corrected chi connectivity index (χ3v) is 3.37. The average Bonchev–Trinajstić information content (AvgIpc) is 2.63. The standard InChI is InChI=1S/C17H16N6O/c18-14-3-1-2-4-15(14)23-16(24)13-7-5-12(6-8-13)9-20-17-21-10-19-11-22-17/h1-8,10-11H,9,18H2,(H,23,24)(H,19,20,21,22). The first-order chi connectivity index (χ1) is 11.7. The number of carbonyl (C=O) groups is 1. The van der Waals surface area contributed by atoms with Crippen molar-refractivity contribution in [3.63, 3.8) is 0 Å². The number of hydrogen-bond donors (Lipinski definition) is 3. The SMILES string of the molecule is Nc1ccccc1NC(=O)c1ccc(CNc2ncncn2)cc1. The first-order valence-corrected chi connectivity index (χ1v) is 7.33. The number of hydrogen-bond acceptors (Lipinski definition) is 6. The number of nitrogens with one attached hydrogen (secondary N) is 2. The van der Waals surface area contributed by atoms with E-state index in [4.69, 9.17) is 5.73 Å². The molecule has 0 radical (unpaired) electrons. The molecule has 0 aliphatic heterocycles. The summed E-state index contributed by atoms with van der Waals surface area (Å²) >= 11 is 0. The van der Waals surface area contributed by atoms with Crippen LogP contribution in [0.1, 0.15) is 15.9 Å². The van der Waals surface area contributed by atoms with Crippen molar-refractivity contribution in [2.24, 2.45) is 0 Å². The largest absolute Gasteiger partial charge is 0.397 e. The lowest BCUT2D eigenvalue weighted by molar-refractivity contribution is 0.102. The van der Waals surface area contributed by atoms with E-state index in [9.17, 15) is 4.79 Å². The Labute approximate surface area is 139 Å². The van der Waals surface area contributed by atoms with Crippen molar-refractivity contribution in [3.8, 4) is 0 Å². The fourth-order valence-electron chi connectivity index (χ4n) is 2.09. The summed E-state index contributed by atoms with van der Waals surface area (Å²) in [6.07, 6.45) is 2.86. The highest BCUT2D eigenvalue weighted by molar-refractivity contribution is 6.05. The second-order valence-corrected chi connectivity index (χ2v) is 5.05. The molecule has 0 fully saturated rings. The third kappa shape index (κ3) is 3.83. The number of amides is 1. The molecule has 1 amide bonds. The van der Waals surface area contributed by atoms with Gasteiger partial charge in [0.15, 0.2) is 0 Å². The van der Waals surface area contributed by atoms with Crippen LogP contribution in [0.4, 0.5) is 17.3 Å². The van der Waals surface area contributed by atoms with Gasteiger partial charge >= 0.3 is 0 Å². The van der Waals surface area contributed by atoms with E-state index in [1.54, 1.807) is 24.3 Å². The molecule has 7 nitrogen and oxygen atoms in total. The molecule has 120 valence electrons. The third-order valence-electron chi connectivity index (χ3n) is 3.37. The number of anilines is 3. The summed E-state index contributed by atoms with van der Waals surface area (Å²) in [5, 5.41) is 5.87. The Morgan fingerprint density at radius 3 is 2.42 bits per heavy atom. The quantitative estimate of drug-likeness (QED) is 0.623. The fourth-order valence-corrected chi connectivity index (χ4v) is 2.09. The van der Waals surface area contributed by atoms with Crippen LogP contribution in [0, 0.1) is 0 Å². The van der Waals surface area contributed by atoms with Gasteiger partial charge in [0.1, 0.15) is 12.7 Å². The Bertz CT molecular complexity index is 820. The van der Waals surface area contributed by atoms with Crippen molar-refractivity contribution in [1.29, 1.82) is 0 Å². The highest BCUT2D eigenvalue weighted by atomic mass is 16.1. The minimum Gasteiger partial charge on any atom is -0.397 e. The van der Waals surface area contributed by atoms with Crippen LogP contribution in [0.15, 0.2) is 61.2 Å². The fraction of sp³-hybridized carbons (Fsp3) is 0.0588. The molecule has 0 saturated carbocycles. The molecule has 0 atom stereocenters. The van der Waals surface area contributed by atoms with Gasteiger partial charge in [-0.1, -0.05) is 24.3 Å². The maximum Gasteiger partial charge on any atom is 0.255 e. The number of rotatable bonds is 5. The molecular weight excluding hydrogens is 304 g/mol. The predicted molar refractivity (Wildman–Crippen MR) is 92.4 cm³/mol. The van der Waals surface area contributed by atoms with Crippen LogP contribution in [-0.2, 0) is 6.54 Å². The zero-order chi connectivity index (χ0) is 16.8. The molecule has 0 saturated heterocycles. The van der Waals surface area contributed by atoms with Crippen LogP contribution in [0.5, 0.6) is 0 Å². The van der Waals surface area contributed by atoms with Crippen molar-refractivity contribution >= 4 is 23.2 Å². The number of nitrogen functional groups attached to an aromatic ring is 1. The Morgan fingerprint density at radius 1 is 1.00 bits per heavy atom. The second kappa shape index (κ2) is 7.19. The Balaban J connectivity index is 1.61.